The van der Waals surface area contributed by atoms with Gasteiger partial charge in [0.15, 0.2) is 0 Å². The summed E-state index contributed by atoms with van der Waals surface area (Å²) in [6.07, 6.45) is 5.49. The molecule has 2 rings (SSSR count). The summed E-state index contributed by atoms with van der Waals surface area (Å²) in [6, 6.07) is 21.1. The van der Waals surface area contributed by atoms with E-state index in [0.717, 1.165) is 6.42 Å². The van der Waals surface area contributed by atoms with Crippen LogP contribution in [0.1, 0.15) is 31.4 Å². The van der Waals surface area contributed by atoms with Gasteiger partial charge in [0.1, 0.15) is 0 Å². The lowest BCUT2D eigenvalue weighted by molar-refractivity contribution is 1.24. The molecular weight excluding hydrogens is 228 g/mol. The van der Waals surface area contributed by atoms with Gasteiger partial charge in [-0.15, -0.1) is 0 Å². The summed E-state index contributed by atoms with van der Waals surface area (Å²) in [7, 11) is 0. The SMILES string of the molecule is CCC(=CC=C(C)c1ccccc1)c1ccccc1. The van der Waals surface area contributed by atoms with E-state index in [2.05, 4.69) is 80.6 Å². The van der Waals surface area contributed by atoms with E-state index in [4.69, 9.17) is 0 Å². The van der Waals surface area contributed by atoms with Gasteiger partial charge in [-0.3, -0.25) is 0 Å². The Labute approximate surface area is 116 Å². The Morgan fingerprint density at radius 1 is 0.789 bits per heavy atom. The minimum absolute atomic E-state index is 1.04. The van der Waals surface area contributed by atoms with Crippen LogP contribution in [0.2, 0.25) is 0 Å². The molecule has 0 atom stereocenters. The molecule has 0 aliphatic heterocycles. The van der Waals surface area contributed by atoms with E-state index >= 15 is 0 Å². The number of hydrogen-bond acceptors (Lipinski definition) is 0. The maximum Gasteiger partial charge on any atom is -0.0225 e. The van der Waals surface area contributed by atoms with E-state index in [-0.39, 0.29) is 0 Å². The van der Waals surface area contributed by atoms with Gasteiger partial charge in [0.05, 0.1) is 0 Å². The highest BCUT2D eigenvalue weighted by molar-refractivity contribution is 5.72. The largest absolute Gasteiger partial charge is 0.0622 e. The molecule has 0 radical (unpaired) electrons. The first-order valence-electron chi connectivity index (χ1n) is 6.79. The predicted octanol–water partition coefficient (Wildman–Crippen LogP) is 5.58. The van der Waals surface area contributed by atoms with Crippen molar-refractivity contribution in [1.82, 2.24) is 0 Å². The van der Waals surface area contributed by atoms with Crippen LogP contribution in [0.3, 0.4) is 0 Å². The highest BCUT2D eigenvalue weighted by Gasteiger charge is 1.97. The molecule has 2 aromatic rings. The van der Waals surface area contributed by atoms with Crippen LogP contribution in [0.25, 0.3) is 11.1 Å². The summed E-state index contributed by atoms with van der Waals surface area (Å²) in [5.74, 6) is 0. The van der Waals surface area contributed by atoms with Crippen LogP contribution in [0.5, 0.6) is 0 Å². The van der Waals surface area contributed by atoms with Crippen LogP contribution in [0, 0.1) is 0 Å². The Hall–Kier alpha value is -2.08. The van der Waals surface area contributed by atoms with Gasteiger partial charge in [-0.1, -0.05) is 79.7 Å². The van der Waals surface area contributed by atoms with Gasteiger partial charge in [0, 0.05) is 0 Å². The summed E-state index contributed by atoms with van der Waals surface area (Å²) < 4.78 is 0. The molecule has 0 unspecified atom stereocenters. The zero-order valence-corrected chi connectivity index (χ0v) is 11.6. The lowest BCUT2D eigenvalue weighted by atomic mass is 10.0. The van der Waals surface area contributed by atoms with Crippen molar-refractivity contribution in [2.45, 2.75) is 20.3 Å². The first-order valence-corrected chi connectivity index (χ1v) is 6.79. The maximum absolute atomic E-state index is 2.23. The van der Waals surface area contributed by atoms with Crippen molar-refractivity contribution >= 4 is 11.1 Å². The zero-order valence-electron chi connectivity index (χ0n) is 11.6. The van der Waals surface area contributed by atoms with E-state index in [0.29, 0.717) is 0 Å². The fourth-order valence-electron chi connectivity index (χ4n) is 2.09. The first-order chi connectivity index (χ1) is 9.31. The quantitative estimate of drug-likeness (QED) is 0.619. The van der Waals surface area contributed by atoms with Gasteiger partial charge in [-0.05, 0) is 35.6 Å². The fourth-order valence-corrected chi connectivity index (χ4v) is 2.09. The number of hydrogen-bond donors (Lipinski definition) is 0. The smallest absolute Gasteiger partial charge is 0.0225 e. The third-order valence-corrected chi connectivity index (χ3v) is 3.29. The Morgan fingerprint density at radius 2 is 1.32 bits per heavy atom. The van der Waals surface area contributed by atoms with Crippen LogP contribution < -0.4 is 0 Å². The van der Waals surface area contributed by atoms with E-state index in [9.17, 15) is 0 Å². The molecule has 0 N–H and O–H groups in total. The minimum atomic E-state index is 1.04. The Bertz CT molecular complexity index is 560. The van der Waals surface area contributed by atoms with Gasteiger partial charge < -0.3 is 0 Å². The highest BCUT2D eigenvalue weighted by atomic mass is 14.0. The van der Waals surface area contributed by atoms with Crippen molar-refractivity contribution < 1.29 is 0 Å². The van der Waals surface area contributed by atoms with Crippen molar-refractivity contribution in [3.8, 4) is 0 Å². The summed E-state index contributed by atoms with van der Waals surface area (Å²) in [4.78, 5) is 0. The second-order valence-corrected chi connectivity index (χ2v) is 4.63. The molecule has 0 aromatic heterocycles. The Morgan fingerprint density at radius 3 is 1.84 bits per heavy atom. The third-order valence-electron chi connectivity index (χ3n) is 3.29. The lowest BCUT2D eigenvalue weighted by Gasteiger charge is -2.04. The van der Waals surface area contributed by atoms with Crippen molar-refractivity contribution in [3.05, 3.63) is 83.9 Å². The van der Waals surface area contributed by atoms with Crippen LogP contribution in [-0.2, 0) is 0 Å². The number of benzene rings is 2. The number of allylic oxidation sites excluding steroid dienone is 4. The summed E-state index contributed by atoms with van der Waals surface area (Å²) in [5.41, 5.74) is 5.25. The predicted molar refractivity (Wildman–Crippen MR) is 84.8 cm³/mol. The molecule has 0 heteroatoms. The second kappa shape index (κ2) is 6.75. The molecule has 0 saturated carbocycles. The standard InChI is InChI=1S/C19H20/c1-3-17(19-12-8-5-9-13-19)15-14-16(2)18-10-6-4-7-11-18/h4-15H,3H2,1-2H3. The topological polar surface area (TPSA) is 0 Å². The molecule has 0 nitrogen and oxygen atoms in total. The number of rotatable bonds is 4. The second-order valence-electron chi connectivity index (χ2n) is 4.63. The van der Waals surface area contributed by atoms with Gasteiger partial charge in [0.2, 0.25) is 0 Å². The normalized spacial score (nSPS) is 12.5. The van der Waals surface area contributed by atoms with E-state index in [1.54, 1.807) is 0 Å². The van der Waals surface area contributed by atoms with Gasteiger partial charge in [-0.2, -0.15) is 0 Å². The third kappa shape index (κ3) is 3.69. The van der Waals surface area contributed by atoms with E-state index in [1.165, 1.54) is 22.3 Å². The van der Waals surface area contributed by atoms with Gasteiger partial charge in [-0.25, -0.2) is 0 Å². The zero-order chi connectivity index (χ0) is 13.5. The molecule has 0 aliphatic carbocycles. The van der Waals surface area contributed by atoms with Gasteiger partial charge in [0.25, 0.3) is 0 Å². The van der Waals surface area contributed by atoms with Crippen molar-refractivity contribution in [2.24, 2.45) is 0 Å². The molecule has 96 valence electrons. The van der Waals surface area contributed by atoms with Crippen LogP contribution in [0.4, 0.5) is 0 Å². The summed E-state index contributed by atoms with van der Waals surface area (Å²) in [6.45, 7) is 4.36. The molecule has 0 fully saturated rings. The maximum atomic E-state index is 2.23. The van der Waals surface area contributed by atoms with Crippen molar-refractivity contribution in [2.75, 3.05) is 0 Å². The highest BCUT2D eigenvalue weighted by Crippen LogP contribution is 2.19. The summed E-state index contributed by atoms with van der Waals surface area (Å²) >= 11 is 0. The Kier molecular flexibility index (Phi) is 4.74. The van der Waals surface area contributed by atoms with Crippen LogP contribution >= 0.6 is 0 Å². The molecular formula is C19H20. The molecule has 0 amide bonds. The van der Waals surface area contributed by atoms with E-state index < -0.39 is 0 Å². The fraction of sp³-hybridized carbons (Fsp3) is 0.158. The molecule has 0 heterocycles. The van der Waals surface area contributed by atoms with Crippen LogP contribution in [-0.4, -0.2) is 0 Å². The monoisotopic (exact) mass is 248 g/mol. The molecule has 19 heavy (non-hydrogen) atoms. The first kappa shape index (κ1) is 13.4. The van der Waals surface area contributed by atoms with E-state index in [1.807, 2.05) is 6.07 Å². The average molecular weight is 248 g/mol. The van der Waals surface area contributed by atoms with Gasteiger partial charge >= 0.3 is 0 Å². The minimum Gasteiger partial charge on any atom is -0.0622 e. The Balaban J connectivity index is 2.25. The average Bonchev–Trinajstić information content (AvgIpc) is 2.49. The lowest BCUT2D eigenvalue weighted by Crippen LogP contribution is -1.82. The summed E-state index contributed by atoms with van der Waals surface area (Å²) in [5, 5.41) is 0. The molecule has 0 aliphatic rings. The van der Waals surface area contributed by atoms with Crippen molar-refractivity contribution in [3.63, 3.8) is 0 Å². The van der Waals surface area contributed by atoms with Crippen LogP contribution in [0.15, 0.2) is 72.8 Å². The molecule has 0 bridgehead atoms. The molecule has 2 aromatic carbocycles. The molecule has 0 spiro atoms. The van der Waals surface area contributed by atoms with Crippen molar-refractivity contribution in [1.29, 1.82) is 0 Å². The molecule has 0 saturated heterocycles.